The Kier molecular flexibility index (Phi) is 2.67. The topological polar surface area (TPSA) is 49.4 Å². The minimum Gasteiger partial charge on any atom is -0.340 e. The predicted molar refractivity (Wildman–Crippen MR) is 68.1 cm³/mol. The number of alkyl halides is 1. The number of halogens is 1. The summed E-state index contributed by atoms with van der Waals surface area (Å²) < 4.78 is 12.8. The number of carbonyl (C=O) groups excluding carboxylic acids is 2. The van der Waals surface area contributed by atoms with Crippen LogP contribution >= 0.6 is 0 Å². The molecule has 2 amide bonds. The Morgan fingerprint density at radius 3 is 2.26 bits per heavy atom. The van der Waals surface area contributed by atoms with Gasteiger partial charge in [0.25, 0.3) is 0 Å². The van der Waals surface area contributed by atoms with E-state index in [0.717, 1.165) is 25.7 Å². The number of amides is 2. The van der Waals surface area contributed by atoms with E-state index >= 15 is 0 Å². The molecule has 5 heteroatoms. The average Bonchev–Trinajstić information content (AvgIpc) is 3.21. The lowest BCUT2D eigenvalue weighted by Gasteiger charge is -2.50. The second-order valence-electron chi connectivity index (χ2n) is 6.50. The maximum absolute atomic E-state index is 12.8. The predicted octanol–water partition coefficient (Wildman–Crippen LogP) is 1.25. The maximum Gasteiger partial charge on any atom is 0.249 e. The lowest BCUT2D eigenvalue weighted by Crippen LogP contribution is -2.75. The van der Waals surface area contributed by atoms with Gasteiger partial charge in [-0.1, -0.05) is 0 Å². The Balaban J connectivity index is 1.96. The van der Waals surface area contributed by atoms with E-state index in [9.17, 15) is 14.0 Å². The zero-order valence-corrected chi connectivity index (χ0v) is 11.5. The molecule has 1 aliphatic heterocycles. The molecule has 1 N–H and O–H groups in total. The van der Waals surface area contributed by atoms with E-state index in [1.165, 1.54) is 4.90 Å². The van der Waals surface area contributed by atoms with Crippen molar-refractivity contribution in [3.63, 3.8) is 0 Å². The van der Waals surface area contributed by atoms with Gasteiger partial charge in [-0.2, -0.15) is 0 Å². The first-order valence-electron chi connectivity index (χ1n) is 7.15. The molecule has 4 nitrogen and oxygen atoms in total. The van der Waals surface area contributed by atoms with Crippen molar-refractivity contribution in [2.45, 2.75) is 50.6 Å². The van der Waals surface area contributed by atoms with Crippen molar-refractivity contribution in [3.8, 4) is 0 Å². The lowest BCUT2D eigenvalue weighted by atomic mass is 9.81. The van der Waals surface area contributed by atoms with Gasteiger partial charge in [0.05, 0.1) is 6.54 Å². The summed E-state index contributed by atoms with van der Waals surface area (Å²) in [6.07, 6.45) is 3.82. The van der Waals surface area contributed by atoms with E-state index in [4.69, 9.17) is 0 Å². The molecule has 3 rings (SSSR count). The molecule has 0 aromatic heterocycles. The molecule has 106 valence electrons. The highest BCUT2D eigenvalue weighted by atomic mass is 19.1. The summed E-state index contributed by atoms with van der Waals surface area (Å²) in [6, 6.07) is 0. The Bertz CT molecular complexity index is 433. The summed E-state index contributed by atoms with van der Waals surface area (Å²) in [5.41, 5.74) is -1.67. The standard InChI is InChI=1S/C14H21FN2O2/c1-13(9-3-4-9)12(19)17(8-7-15)14(2,10-5-6-10)11(18)16-13/h9-10H,3-8H2,1-2H3,(H,16,18). The molecule has 0 radical (unpaired) electrons. The molecule has 3 aliphatic rings. The largest absolute Gasteiger partial charge is 0.340 e. The van der Waals surface area contributed by atoms with Crippen LogP contribution < -0.4 is 5.32 Å². The second kappa shape index (κ2) is 3.93. The van der Waals surface area contributed by atoms with Crippen LogP contribution in [-0.2, 0) is 9.59 Å². The van der Waals surface area contributed by atoms with Crippen molar-refractivity contribution in [1.29, 1.82) is 0 Å². The smallest absolute Gasteiger partial charge is 0.249 e. The fraction of sp³-hybridized carbons (Fsp3) is 0.857. The fourth-order valence-corrected chi connectivity index (χ4v) is 3.44. The van der Waals surface area contributed by atoms with Crippen LogP contribution in [0.4, 0.5) is 4.39 Å². The van der Waals surface area contributed by atoms with Crippen molar-refractivity contribution >= 4 is 11.8 Å². The van der Waals surface area contributed by atoms with Crippen molar-refractivity contribution in [3.05, 3.63) is 0 Å². The molecule has 0 bridgehead atoms. The van der Waals surface area contributed by atoms with E-state index < -0.39 is 17.8 Å². The molecule has 2 atom stereocenters. The normalized spacial score (nSPS) is 39.4. The van der Waals surface area contributed by atoms with Crippen LogP contribution in [0.5, 0.6) is 0 Å². The van der Waals surface area contributed by atoms with Gasteiger partial charge < -0.3 is 10.2 Å². The Morgan fingerprint density at radius 2 is 1.79 bits per heavy atom. The van der Waals surface area contributed by atoms with Crippen LogP contribution in [0.15, 0.2) is 0 Å². The molecule has 1 saturated heterocycles. The van der Waals surface area contributed by atoms with Gasteiger partial charge in [0.1, 0.15) is 17.8 Å². The van der Waals surface area contributed by atoms with Crippen LogP contribution in [-0.4, -0.2) is 41.0 Å². The van der Waals surface area contributed by atoms with Gasteiger partial charge in [0.2, 0.25) is 11.8 Å². The molecule has 0 aromatic carbocycles. The summed E-state index contributed by atoms with van der Waals surface area (Å²) in [4.78, 5) is 26.8. The van der Waals surface area contributed by atoms with Gasteiger partial charge in [-0.05, 0) is 51.4 Å². The summed E-state index contributed by atoms with van der Waals surface area (Å²) in [7, 11) is 0. The van der Waals surface area contributed by atoms with Crippen LogP contribution in [0, 0.1) is 11.8 Å². The number of rotatable bonds is 4. The summed E-state index contributed by atoms with van der Waals surface area (Å²) >= 11 is 0. The van der Waals surface area contributed by atoms with Gasteiger partial charge in [0.15, 0.2) is 0 Å². The quantitative estimate of drug-likeness (QED) is 0.834. The minimum absolute atomic E-state index is 0.0293. The van der Waals surface area contributed by atoms with Crippen LogP contribution in [0.25, 0.3) is 0 Å². The van der Waals surface area contributed by atoms with Crippen LogP contribution in [0.3, 0.4) is 0 Å². The van der Waals surface area contributed by atoms with Gasteiger partial charge >= 0.3 is 0 Å². The highest BCUT2D eigenvalue weighted by molar-refractivity contribution is 6.02. The van der Waals surface area contributed by atoms with Gasteiger partial charge in [-0.3, -0.25) is 9.59 Å². The molecule has 0 aromatic rings. The minimum atomic E-state index is -0.850. The SMILES string of the molecule is CC1(C2CC2)NC(=O)C(C)(C2CC2)N(CCF)C1=O. The first kappa shape index (κ1) is 12.9. The molecule has 2 aliphatic carbocycles. The molecule has 19 heavy (non-hydrogen) atoms. The zero-order chi connectivity index (χ0) is 13.8. The third-order valence-corrected chi connectivity index (χ3v) is 5.16. The van der Waals surface area contributed by atoms with Crippen LogP contribution in [0.2, 0.25) is 0 Å². The number of carbonyl (C=O) groups is 2. The first-order valence-corrected chi connectivity index (χ1v) is 7.15. The van der Waals surface area contributed by atoms with Crippen molar-refractivity contribution in [1.82, 2.24) is 10.2 Å². The molecule has 3 fully saturated rings. The molecule has 0 spiro atoms. The van der Waals surface area contributed by atoms with Crippen LogP contribution in [0.1, 0.15) is 39.5 Å². The number of nitrogens with zero attached hydrogens (tertiary/aromatic N) is 1. The monoisotopic (exact) mass is 268 g/mol. The van der Waals surface area contributed by atoms with Crippen molar-refractivity contribution in [2.75, 3.05) is 13.2 Å². The molecule has 2 unspecified atom stereocenters. The van der Waals surface area contributed by atoms with E-state index in [0.29, 0.717) is 0 Å². The van der Waals surface area contributed by atoms with E-state index in [1.54, 1.807) is 13.8 Å². The Hall–Kier alpha value is -1.13. The third-order valence-electron chi connectivity index (χ3n) is 5.16. The highest BCUT2D eigenvalue weighted by Gasteiger charge is 2.63. The van der Waals surface area contributed by atoms with Gasteiger partial charge in [0, 0.05) is 0 Å². The molecular weight excluding hydrogens is 247 g/mol. The second-order valence-corrected chi connectivity index (χ2v) is 6.50. The Morgan fingerprint density at radius 1 is 1.21 bits per heavy atom. The Labute approximate surface area is 112 Å². The number of hydrogen-bond donors (Lipinski definition) is 1. The van der Waals surface area contributed by atoms with Crippen molar-refractivity contribution in [2.24, 2.45) is 11.8 Å². The van der Waals surface area contributed by atoms with Gasteiger partial charge in [-0.25, -0.2) is 4.39 Å². The highest BCUT2D eigenvalue weighted by Crippen LogP contribution is 2.49. The summed E-state index contributed by atoms with van der Waals surface area (Å²) in [6.45, 7) is 3.02. The third kappa shape index (κ3) is 1.70. The molecule has 2 saturated carbocycles. The lowest BCUT2D eigenvalue weighted by molar-refractivity contribution is -0.164. The van der Waals surface area contributed by atoms with E-state index in [2.05, 4.69) is 5.32 Å². The average molecular weight is 268 g/mol. The molecule has 1 heterocycles. The summed E-state index contributed by atoms with van der Waals surface area (Å²) in [5.74, 6) is 0.209. The van der Waals surface area contributed by atoms with Gasteiger partial charge in [-0.15, -0.1) is 0 Å². The van der Waals surface area contributed by atoms with Crippen molar-refractivity contribution < 1.29 is 14.0 Å². The van der Waals surface area contributed by atoms with E-state index in [1.807, 2.05) is 0 Å². The zero-order valence-electron chi connectivity index (χ0n) is 11.5. The number of piperazine rings is 1. The summed E-state index contributed by atoms with van der Waals surface area (Å²) in [5, 5.41) is 2.95. The first-order chi connectivity index (χ1) is 8.94. The maximum atomic E-state index is 12.8. The molecular formula is C14H21FN2O2. The fourth-order valence-electron chi connectivity index (χ4n) is 3.44. The van der Waals surface area contributed by atoms with E-state index in [-0.39, 0.29) is 30.2 Å². The number of nitrogens with one attached hydrogen (secondary N) is 1. The number of hydrogen-bond acceptors (Lipinski definition) is 2.